The van der Waals surface area contributed by atoms with Crippen LogP contribution < -0.4 is 10.6 Å². The predicted molar refractivity (Wildman–Crippen MR) is 94.2 cm³/mol. The maximum atomic E-state index is 13.0. The minimum absolute atomic E-state index is 0.486. The quantitative estimate of drug-likeness (QED) is 0.586. The number of halogens is 4. The molecule has 26 heavy (non-hydrogen) atoms. The van der Waals surface area contributed by atoms with E-state index >= 15 is 0 Å². The summed E-state index contributed by atoms with van der Waals surface area (Å²) in [5.74, 6) is -0.828. The van der Waals surface area contributed by atoms with Crippen LogP contribution in [0.1, 0.15) is 22.3 Å². The Morgan fingerprint density at radius 3 is 2.35 bits per heavy atom. The van der Waals surface area contributed by atoms with Crippen molar-refractivity contribution in [2.75, 3.05) is 11.9 Å². The molecule has 2 atom stereocenters. The molecule has 0 aromatic heterocycles. The summed E-state index contributed by atoms with van der Waals surface area (Å²) < 4.78 is 39.1. The van der Waals surface area contributed by atoms with Gasteiger partial charge in [-0.1, -0.05) is 29.8 Å². The van der Waals surface area contributed by atoms with E-state index in [4.69, 9.17) is 17.3 Å². The van der Waals surface area contributed by atoms with E-state index in [2.05, 4.69) is 0 Å². The number of aliphatic hydroxyl groups is 1. The summed E-state index contributed by atoms with van der Waals surface area (Å²) in [7, 11) is 1.60. The van der Waals surface area contributed by atoms with Crippen molar-refractivity contribution in [3.8, 4) is 0 Å². The molecule has 8 heteroatoms. The summed E-state index contributed by atoms with van der Waals surface area (Å²) >= 11 is 5.81. The lowest BCUT2D eigenvalue weighted by molar-refractivity contribution is -0.137. The van der Waals surface area contributed by atoms with Gasteiger partial charge < -0.3 is 15.7 Å². The van der Waals surface area contributed by atoms with Crippen molar-refractivity contribution in [1.82, 2.24) is 0 Å². The van der Waals surface area contributed by atoms with Crippen LogP contribution in [0.25, 0.3) is 0 Å². The number of Topliss-reactive ketones (excluding diaryl/α,β-unsaturated/α-hetero) is 1. The Bertz CT molecular complexity index is 766. The van der Waals surface area contributed by atoms with E-state index in [1.165, 1.54) is 17.0 Å². The molecule has 2 aromatic carbocycles. The summed E-state index contributed by atoms with van der Waals surface area (Å²) in [6.07, 6.45) is -7.53. The van der Waals surface area contributed by atoms with Gasteiger partial charge in [0, 0.05) is 29.7 Å². The molecule has 0 fully saturated rings. The summed E-state index contributed by atoms with van der Waals surface area (Å²) in [5, 5.41) is 10.8. The van der Waals surface area contributed by atoms with Crippen molar-refractivity contribution in [3.63, 3.8) is 0 Å². The Labute approximate surface area is 154 Å². The van der Waals surface area contributed by atoms with E-state index in [1.807, 2.05) is 0 Å². The first-order chi connectivity index (χ1) is 12.1. The molecular formula is C18H18ClF3N2O2. The molecule has 0 saturated heterocycles. The molecule has 0 amide bonds. The van der Waals surface area contributed by atoms with Gasteiger partial charge in [-0.05, 0) is 30.3 Å². The zero-order chi connectivity index (χ0) is 19.5. The lowest BCUT2D eigenvalue weighted by atomic mass is 9.98. The maximum absolute atomic E-state index is 13.0. The molecule has 0 aliphatic carbocycles. The smallest absolute Gasteiger partial charge is 0.389 e. The number of hydrogen-bond donors (Lipinski definition) is 2. The van der Waals surface area contributed by atoms with Crippen LogP contribution in [-0.2, 0) is 6.18 Å². The third kappa shape index (κ3) is 4.75. The van der Waals surface area contributed by atoms with E-state index in [1.54, 1.807) is 31.3 Å². The molecule has 2 rings (SSSR count). The number of nitrogens with two attached hydrogens (primary N) is 1. The van der Waals surface area contributed by atoms with E-state index < -0.39 is 41.8 Å². The highest BCUT2D eigenvalue weighted by Gasteiger charge is 2.35. The molecule has 4 nitrogen and oxygen atoms in total. The van der Waals surface area contributed by atoms with Gasteiger partial charge in [-0.25, -0.2) is 0 Å². The highest BCUT2D eigenvalue weighted by molar-refractivity contribution is 6.30. The first-order valence-corrected chi connectivity index (χ1v) is 8.10. The molecular weight excluding hydrogens is 369 g/mol. The zero-order valence-corrected chi connectivity index (χ0v) is 14.6. The zero-order valence-electron chi connectivity index (χ0n) is 13.9. The molecule has 2 aromatic rings. The number of alkyl halides is 3. The molecule has 140 valence electrons. The van der Waals surface area contributed by atoms with E-state index in [0.717, 1.165) is 12.1 Å². The largest absolute Gasteiger partial charge is 0.417 e. The number of rotatable bonds is 6. The lowest BCUT2D eigenvalue weighted by Gasteiger charge is -2.30. The van der Waals surface area contributed by atoms with Gasteiger partial charge in [-0.15, -0.1) is 0 Å². The Hall–Kier alpha value is -2.09. The number of carbonyl (C=O) groups is 1. The van der Waals surface area contributed by atoms with Gasteiger partial charge in [0.1, 0.15) is 6.17 Å². The fourth-order valence-corrected chi connectivity index (χ4v) is 2.63. The minimum atomic E-state index is -4.65. The van der Waals surface area contributed by atoms with Crippen molar-refractivity contribution in [3.05, 3.63) is 64.7 Å². The lowest BCUT2D eigenvalue weighted by Crippen LogP contribution is -2.49. The van der Waals surface area contributed by atoms with Gasteiger partial charge >= 0.3 is 6.18 Å². The summed E-state index contributed by atoms with van der Waals surface area (Å²) in [6, 6.07) is 11.1. The van der Waals surface area contributed by atoms with Crippen LogP contribution in [0.4, 0.5) is 18.9 Å². The summed E-state index contributed by atoms with van der Waals surface area (Å²) in [5.41, 5.74) is 5.08. The van der Waals surface area contributed by atoms with Gasteiger partial charge in [0.25, 0.3) is 0 Å². The highest BCUT2D eigenvalue weighted by atomic mass is 35.5. The third-order valence-corrected chi connectivity index (χ3v) is 4.25. The van der Waals surface area contributed by atoms with Crippen LogP contribution in [0.5, 0.6) is 0 Å². The summed E-state index contributed by atoms with van der Waals surface area (Å²) in [6.45, 7) is 0. The van der Waals surface area contributed by atoms with Crippen molar-refractivity contribution < 1.29 is 23.1 Å². The van der Waals surface area contributed by atoms with Gasteiger partial charge in [0.2, 0.25) is 0 Å². The molecule has 2 unspecified atom stereocenters. The Kier molecular flexibility index (Phi) is 6.28. The number of likely N-dealkylation sites (N-methyl/N-ethyl adjacent to an activating group) is 1. The molecule has 0 saturated carbocycles. The Morgan fingerprint density at radius 2 is 1.77 bits per heavy atom. The van der Waals surface area contributed by atoms with E-state index in [-0.39, 0.29) is 0 Å². The van der Waals surface area contributed by atoms with Crippen LogP contribution in [0.3, 0.4) is 0 Å². The molecule has 3 N–H and O–H groups in total. The average molecular weight is 387 g/mol. The van der Waals surface area contributed by atoms with Crippen molar-refractivity contribution in [1.29, 1.82) is 0 Å². The second-order valence-electron chi connectivity index (χ2n) is 5.82. The standard InChI is InChI=1S/C18H18ClF3N2O2/c1-24(12-8-6-11(19)7-9-12)17(23)16(26)10-15(25)13-4-2-3-5-14(13)18(20,21)22/h2-9,16-17,26H,10,23H2,1H3. The number of ketones is 1. The van der Waals surface area contributed by atoms with Crippen LogP contribution in [0.2, 0.25) is 5.02 Å². The average Bonchev–Trinajstić information content (AvgIpc) is 2.60. The molecule has 0 heterocycles. The topological polar surface area (TPSA) is 66.6 Å². The number of benzene rings is 2. The molecule has 0 spiro atoms. The number of aliphatic hydroxyl groups excluding tert-OH is 1. The van der Waals surface area contributed by atoms with E-state index in [9.17, 15) is 23.1 Å². The second kappa shape index (κ2) is 8.07. The summed E-state index contributed by atoms with van der Waals surface area (Å²) in [4.78, 5) is 13.8. The number of anilines is 1. The number of nitrogens with zero attached hydrogens (tertiary/aromatic N) is 1. The number of carbonyl (C=O) groups excluding carboxylic acids is 1. The minimum Gasteiger partial charge on any atom is -0.389 e. The van der Waals surface area contributed by atoms with E-state index in [0.29, 0.717) is 10.7 Å². The predicted octanol–water partition coefficient (Wildman–Crippen LogP) is 3.71. The SMILES string of the molecule is CN(c1ccc(Cl)cc1)C(N)C(O)CC(=O)c1ccccc1C(F)(F)F. The van der Waals surface area contributed by atoms with Gasteiger partial charge in [0.05, 0.1) is 11.7 Å². The van der Waals surface area contributed by atoms with Crippen LogP contribution >= 0.6 is 11.6 Å². The molecule has 0 radical (unpaired) electrons. The number of hydrogen-bond acceptors (Lipinski definition) is 4. The van der Waals surface area contributed by atoms with Gasteiger partial charge in [-0.2, -0.15) is 13.2 Å². The van der Waals surface area contributed by atoms with Crippen molar-refractivity contribution >= 4 is 23.1 Å². The first kappa shape index (κ1) is 20.2. The first-order valence-electron chi connectivity index (χ1n) is 7.72. The maximum Gasteiger partial charge on any atom is 0.417 e. The van der Waals surface area contributed by atoms with Gasteiger partial charge in [0.15, 0.2) is 5.78 Å². The normalized spacial score (nSPS) is 14.0. The van der Waals surface area contributed by atoms with Gasteiger partial charge in [-0.3, -0.25) is 4.79 Å². The Balaban J connectivity index is 2.13. The van der Waals surface area contributed by atoms with Crippen molar-refractivity contribution in [2.24, 2.45) is 5.73 Å². The van der Waals surface area contributed by atoms with Crippen LogP contribution in [0, 0.1) is 0 Å². The molecule has 0 aliphatic heterocycles. The fraction of sp³-hybridized carbons (Fsp3) is 0.278. The third-order valence-electron chi connectivity index (χ3n) is 4.00. The molecule has 0 bridgehead atoms. The van der Waals surface area contributed by atoms with Crippen LogP contribution in [0.15, 0.2) is 48.5 Å². The monoisotopic (exact) mass is 386 g/mol. The molecule has 0 aliphatic rings. The van der Waals surface area contributed by atoms with Crippen LogP contribution in [-0.4, -0.2) is 30.2 Å². The fourth-order valence-electron chi connectivity index (χ4n) is 2.50. The highest BCUT2D eigenvalue weighted by Crippen LogP contribution is 2.32. The van der Waals surface area contributed by atoms with Crippen molar-refractivity contribution in [2.45, 2.75) is 24.9 Å². The second-order valence-corrected chi connectivity index (χ2v) is 6.25. The Morgan fingerprint density at radius 1 is 1.19 bits per heavy atom.